The van der Waals surface area contributed by atoms with E-state index in [0.29, 0.717) is 45.1 Å². The van der Waals surface area contributed by atoms with E-state index in [4.69, 9.17) is 21.4 Å². The zero-order valence-corrected chi connectivity index (χ0v) is 24.6. The number of carboxylic acid groups (broad SMARTS) is 1. The first-order valence-corrected chi connectivity index (χ1v) is 15.9. The molecule has 0 bridgehead atoms. The number of benzene rings is 1. The minimum atomic E-state index is -3.97. The zero-order valence-electron chi connectivity index (χ0n) is 22.2. The van der Waals surface area contributed by atoms with Crippen molar-refractivity contribution in [3.05, 3.63) is 47.1 Å². The van der Waals surface area contributed by atoms with Gasteiger partial charge >= 0.3 is 5.97 Å². The molecule has 1 aliphatic rings. The molecule has 2 heterocycles. The number of fused-ring (bicyclic) bond motifs is 1. The van der Waals surface area contributed by atoms with E-state index in [1.807, 2.05) is 0 Å². The van der Waals surface area contributed by atoms with E-state index in [1.54, 1.807) is 31.2 Å². The highest BCUT2D eigenvalue weighted by molar-refractivity contribution is 7.89. The Morgan fingerprint density at radius 1 is 1.15 bits per heavy atom. The number of carboxylic acids is 1. The smallest absolute Gasteiger partial charge is 0.304 e. The molecule has 1 saturated carbocycles. The second-order valence-electron chi connectivity index (χ2n) is 9.72. The summed E-state index contributed by atoms with van der Waals surface area (Å²) in [7, 11) is -3.97. The van der Waals surface area contributed by atoms with E-state index < -0.39 is 21.9 Å². The van der Waals surface area contributed by atoms with Crippen molar-refractivity contribution in [2.45, 2.75) is 56.3 Å². The molecule has 10 nitrogen and oxygen atoms in total. The summed E-state index contributed by atoms with van der Waals surface area (Å²) >= 11 is 7.23. The highest BCUT2D eigenvalue weighted by Crippen LogP contribution is 2.36. The minimum Gasteiger partial charge on any atom is -0.481 e. The summed E-state index contributed by atoms with van der Waals surface area (Å²) in [6.45, 7) is 2.26. The van der Waals surface area contributed by atoms with Crippen molar-refractivity contribution in [2.75, 3.05) is 31.6 Å². The van der Waals surface area contributed by atoms with Gasteiger partial charge in [-0.05, 0) is 49.1 Å². The van der Waals surface area contributed by atoms with E-state index in [2.05, 4.69) is 15.3 Å². The number of aliphatic carboxylic acids is 1. The summed E-state index contributed by atoms with van der Waals surface area (Å²) in [5, 5.41) is 12.8. The van der Waals surface area contributed by atoms with Gasteiger partial charge < -0.3 is 15.2 Å². The summed E-state index contributed by atoms with van der Waals surface area (Å²) in [5.41, 5.74) is 1.35. The van der Waals surface area contributed by atoms with Crippen LogP contribution in [0, 0.1) is 5.92 Å². The largest absolute Gasteiger partial charge is 0.481 e. The Morgan fingerprint density at radius 3 is 2.55 bits per heavy atom. The first-order valence-electron chi connectivity index (χ1n) is 13.3. The highest BCUT2D eigenvalue weighted by Gasteiger charge is 2.29. The molecule has 216 valence electrons. The molecule has 1 aliphatic carbocycles. The Morgan fingerprint density at radius 2 is 1.88 bits per heavy atom. The summed E-state index contributed by atoms with van der Waals surface area (Å²) < 4.78 is 33.1. The lowest BCUT2D eigenvalue weighted by atomic mass is 9.87. The Hall–Kier alpha value is -2.64. The Kier molecular flexibility index (Phi) is 10.5. The second-order valence-corrected chi connectivity index (χ2v) is 13.0. The molecule has 1 atom stereocenters. The molecule has 1 aromatic carbocycles. The number of carbonyl (C=O) groups excluding carboxylic acids is 1. The van der Waals surface area contributed by atoms with Crippen LogP contribution in [0.15, 0.2) is 41.3 Å². The molecule has 3 aromatic rings. The number of anilines is 1. The van der Waals surface area contributed by atoms with E-state index in [1.165, 1.54) is 23.5 Å². The van der Waals surface area contributed by atoms with Crippen molar-refractivity contribution in [3.63, 3.8) is 0 Å². The number of nitrogens with zero attached hydrogens (tertiary/aromatic N) is 3. The van der Waals surface area contributed by atoms with Crippen LogP contribution in [0.3, 0.4) is 0 Å². The van der Waals surface area contributed by atoms with Crippen LogP contribution in [0.4, 0.5) is 5.13 Å². The zero-order chi connectivity index (χ0) is 28.7. The maximum absolute atomic E-state index is 13.5. The molecule has 40 heavy (non-hydrogen) atoms. The molecule has 4 rings (SSSR count). The molecule has 0 aliphatic heterocycles. The molecular formula is C27H33ClN4O6S2. The number of halogens is 1. The van der Waals surface area contributed by atoms with Crippen LogP contribution < -0.4 is 5.32 Å². The summed E-state index contributed by atoms with van der Waals surface area (Å²) in [4.78, 5) is 34.0. The van der Waals surface area contributed by atoms with Gasteiger partial charge in [-0.25, -0.2) is 18.4 Å². The maximum atomic E-state index is 13.5. The van der Waals surface area contributed by atoms with Crippen molar-refractivity contribution in [1.29, 1.82) is 0 Å². The quantitative estimate of drug-likeness (QED) is 0.189. The Bertz CT molecular complexity index is 1420. The van der Waals surface area contributed by atoms with Gasteiger partial charge in [0.2, 0.25) is 15.9 Å². The number of hydrogen-bond acceptors (Lipinski definition) is 8. The number of ether oxygens (including phenoxy) is 1. The molecule has 0 saturated heterocycles. The summed E-state index contributed by atoms with van der Waals surface area (Å²) in [6.07, 6.45) is 4.70. The topological polar surface area (TPSA) is 139 Å². The predicted molar refractivity (Wildman–Crippen MR) is 154 cm³/mol. The summed E-state index contributed by atoms with van der Waals surface area (Å²) in [5.74, 6) is -1.39. The molecule has 2 aromatic heterocycles. The van der Waals surface area contributed by atoms with E-state index in [-0.39, 0.29) is 36.9 Å². The molecule has 13 heteroatoms. The predicted octanol–water partition coefficient (Wildman–Crippen LogP) is 5.15. The van der Waals surface area contributed by atoms with Gasteiger partial charge in [-0.15, -0.1) is 0 Å². The number of aromatic nitrogens is 2. The number of hydrogen-bond donors (Lipinski definition) is 2. The van der Waals surface area contributed by atoms with Gasteiger partial charge in [-0.2, -0.15) is 4.31 Å². The van der Waals surface area contributed by atoms with Crippen molar-refractivity contribution in [3.8, 4) is 0 Å². The number of sulfonamides is 1. The summed E-state index contributed by atoms with van der Waals surface area (Å²) in [6, 6.07) is 9.70. The fourth-order valence-electron chi connectivity index (χ4n) is 4.92. The van der Waals surface area contributed by atoms with Gasteiger partial charge in [0.15, 0.2) is 5.13 Å². The molecule has 1 fully saturated rings. The van der Waals surface area contributed by atoms with Crippen molar-refractivity contribution >= 4 is 60.3 Å². The van der Waals surface area contributed by atoms with Crippen molar-refractivity contribution in [2.24, 2.45) is 5.92 Å². The lowest BCUT2D eigenvalue weighted by molar-refractivity contribution is -0.137. The van der Waals surface area contributed by atoms with Gasteiger partial charge in [0.1, 0.15) is 15.5 Å². The number of nitrogens with one attached hydrogen (secondary N) is 1. The fraction of sp³-hybridized carbons (Fsp3) is 0.481. The lowest BCUT2D eigenvalue weighted by Gasteiger charge is -2.23. The molecule has 1 amide bonds. The van der Waals surface area contributed by atoms with Crippen LogP contribution in [0.2, 0.25) is 5.15 Å². The SMILES string of the molecule is CCOCCN(CCC(=O)O)S(=O)(=O)c1ccc([C@H](CC2CCCC2)C(=O)Nc2nc3ccc(Cl)nc3s2)cc1. The standard InChI is InChI=1S/C27H33ClN4O6S2/c1-2-38-16-15-32(14-13-24(33)34)40(36,37)20-9-7-19(8-10-20)21(17-18-5-3-4-6-18)25(35)31-27-29-22-11-12-23(28)30-26(22)39-27/h7-12,18,21H,2-6,13-17H2,1H3,(H,33,34)(H,29,31,35)/t21-/m0/s1. The average molecular weight is 609 g/mol. The number of thiazole rings is 1. The average Bonchev–Trinajstić information content (AvgIpc) is 3.58. The molecule has 0 unspecified atom stereocenters. The number of pyridine rings is 1. The van der Waals surface area contributed by atoms with Crippen LogP contribution in [-0.2, 0) is 24.3 Å². The maximum Gasteiger partial charge on any atom is 0.304 e. The highest BCUT2D eigenvalue weighted by atomic mass is 35.5. The van der Waals surface area contributed by atoms with E-state index in [0.717, 1.165) is 30.0 Å². The number of rotatable bonds is 14. The Balaban J connectivity index is 1.56. The van der Waals surface area contributed by atoms with Gasteiger partial charge in [0.25, 0.3) is 0 Å². The second kappa shape index (κ2) is 13.8. The molecule has 2 N–H and O–H groups in total. The third kappa shape index (κ3) is 7.76. The van der Waals surface area contributed by atoms with Gasteiger partial charge in [0.05, 0.1) is 23.8 Å². The van der Waals surface area contributed by atoms with E-state index in [9.17, 15) is 18.0 Å². The lowest BCUT2D eigenvalue weighted by Crippen LogP contribution is -2.35. The van der Waals surface area contributed by atoms with Crippen molar-refractivity contribution in [1.82, 2.24) is 14.3 Å². The minimum absolute atomic E-state index is 0.0345. The van der Waals surface area contributed by atoms with Crippen LogP contribution in [0.25, 0.3) is 10.3 Å². The first-order chi connectivity index (χ1) is 19.2. The Labute approximate surface area is 242 Å². The molecule has 0 radical (unpaired) electrons. The fourth-order valence-corrected chi connectivity index (χ4v) is 7.38. The van der Waals surface area contributed by atoms with Crippen LogP contribution in [0.1, 0.15) is 56.9 Å². The third-order valence-electron chi connectivity index (χ3n) is 7.00. The third-order valence-corrected chi connectivity index (χ3v) is 10.0. The van der Waals surface area contributed by atoms with Gasteiger partial charge in [-0.1, -0.05) is 60.8 Å². The number of carbonyl (C=O) groups is 2. The van der Waals surface area contributed by atoms with Gasteiger partial charge in [0, 0.05) is 19.7 Å². The number of amides is 1. The van der Waals surface area contributed by atoms with Crippen LogP contribution in [0.5, 0.6) is 0 Å². The first kappa shape index (κ1) is 30.3. The van der Waals surface area contributed by atoms with E-state index >= 15 is 0 Å². The van der Waals surface area contributed by atoms with Gasteiger partial charge in [-0.3, -0.25) is 9.59 Å². The molecular weight excluding hydrogens is 576 g/mol. The monoisotopic (exact) mass is 608 g/mol. The molecule has 0 spiro atoms. The van der Waals surface area contributed by atoms with Crippen LogP contribution in [-0.4, -0.2) is 66.0 Å². The normalized spacial score (nSPS) is 15.1. The van der Waals surface area contributed by atoms with Crippen LogP contribution >= 0.6 is 22.9 Å². The van der Waals surface area contributed by atoms with Crippen molar-refractivity contribution < 1.29 is 27.9 Å².